The number of rotatable bonds is 8. The zero-order valence-corrected chi connectivity index (χ0v) is 20.2. The number of thioether (sulfide) groups is 1. The summed E-state index contributed by atoms with van der Waals surface area (Å²) in [4.78, 5) is 16.9. The molecule has 3 aromatic rings. The normalized spacial score (nSPS) is 12.6. The SMILES string of the molecule is N#Cc1cc2c(nc1SCCC(=O)Nc1ccc(S(=O)(=O)Nc3ccc(Cl)nn3)cc1)CCC2. The smallest absolute Gasteiger partial charge is 0.263 e. The van der Waals surface area contributed by atoms with E-state index in [0.29, 0.717) is 22.0 Å². The second-order valence-corrected chi connectivity index (χ2v) is 10.6. The Kier molecular flexibility index (Phi) is 7.31. The van der Waals surface area contributed by atoms with E-state index in [9.17, 15) is 18.5 Å². The predicted octanol–water partition coefficient (Wildman–Crippen LogP) is 3.81. The highest BCUT2D eigenvalue weighted by atomic mass is 35.5. The fourth-order valence-corrected chi connectivity index (χ4v) is 5.40. The number of benzene rings is 1. The number of halogens is 1. The van der Waals surface area contributed by atoms with Crippen molar-refractivity contribution in [3.8, 4) is 6.07 Å². The number of sulfonamides is 1. The Morgan fingerprint density at radius 1 is 1.15 bits per heavy atom. The number of nitrogens with one attached hydrogen (secondary N) is 2. The van der Waals surface area contributed by atoms with Crippen LogP contribution in [0.1, 0.15) is 29.7 Å². The molecule has 0 radical (unpaired) electrons. The van der Waals surface area contributed by atoms with Crippen LogP contribution in [0.5, 0.6) is 0 Å². The molecule has 0 bridgehead atoms. The minimum Gasteiger partial charge on any atom is -0.326 e. The molecule has 34 heavy (non-hydrogen) atoms. The Balaban J connectivity index is 1.31. The van der Waals surface area contributed by atoms with Crippen LogP contribution in [0.25, 0.3) is 0 Å². The molecule has 0 spiro atoms. The minimum absolute atomic E-state index is 0.00419. The molecule has 174 valence electrons. The van der Waals surface area contributed by atoms with Crippen molar-refractivity contribution < 1.29 is 13.2 Å². The molecule has 1 aliphatic carbocycles. The quantitative estimate of drug-likeness (QED) is 0.433. The third-order valence-corrected chi connectivity index (χ3v) is 7.59. The lowest BCUT2D eigenvalue weighted by atomic mass is 10.2. The van der Waals surface area contributed by atoms with E-state index in [0.717, 1.165) is 30.5 Å². The maximum absolute atomic E-state index is 12.5. The van der Waals surface area contributed by atoms with Gasteiger partial charge in [0.05, 0.1) is 10.5 Å². The van der Waals surface area contributed by atoms with Crippen molar-refractivity contribution in [3.05, 3.63) is 64.4 Å². The maximum Gasteiger partial charge on any atom is 0.263 e. The Bertz CT molecular complexity index is 1360. The summed E-state index contributed by atoms with van der Waals surface area (Å²) in [6.07, 6.45) is 3.14. The van der Waals surface area contributed by atoms with Crippen molar-refractivity contribution in [1.82, 2.24) is 15.2 Å². The van der Waals surface area contributed by atoms with E-state index < -0.39 is 10.0 Å². The van der Waals surface area contributed by atoms with Crippen LogP contribution in [-0.4, -0.2) is 35.3 Å². The fraction of sp³-hybridized carbons (Fsp3) is 0.227. The van der Waals surface area contributed by atoms with Gasteiger partial charge in [-0.25, -0.2) is 13.4 Å². The summed E-state index contributed by atoms with van der Waals surface area (Å²) in [5.74, 6) is 0.277. The van der Waals surface area contributed by atoms with Crippen molar-refractivity contribution in [1.29, 1.82) is 5.26 Å². The van der Waals surface area contributed by atoms with Crippen LogP contribution >= 0.6 is 23.4 Å². The lowest BCUT2D eigenvalue weighted by molar-refractivity contribution is -0.115. The zero-order chi connectivity index (χ0) is 24.1. The molecular weight excluding hydrogens is 496 g/mol. The van der Waals surface area contributed by atoms with Gasteiger partial charge in [-0.2, -0.15) is 5.26 Å². The van der Waals surface area contributed by atoms with Crippen LogP contribution in [0.4, 0.5) is 11.5 Å². The van der Waals surface area contributed by atoms with Crippen LogP contribution < -0.4 is 10.0 Å². The number of anilines is 2. The van der Waals surface area contributed by atoms with Crippen molar-refractivity contribution in [2.75, 3.05) is 15.8 Å². The van der Waals surface area contributed by atoms with Crippen LogP contribution in [0.2, 0.25) is 5.15 Å². The number of hydrogen-bond acceptors (Lipinski definition) is 8. The molecule has 0 saturated heterocycles. The monoisotopic (exact) mass is 514 g/mol. The van der Waals surface area contributed by atoms with E-state index in [-0.39, 0.29) is 28.2 Å². The van der Waals surface area contributed by atoms with Gasteiger partial charge in [0.25, 0.3) is 10.0 Å². The molecule has 0 saturated carbocycles. The van der Waals surface area contributed by atoms with Crippen molar-refractivity contribution in [2.45, 2.75) is 35.6 Å². The van der Waals surface area contributed by atoms with Gasteiger partial charge in [0, 0.05) is 23.6 Å². The van der Waals surface area contributed by atoms with E-state index in [1.807, 2.05) is 6.07 Å². The summed E-state index contributed by atoms with van der Waals surface area (Å²) < 4.78 is 27.3. The molecule has 1 aromatic carbocycles. The van der Waals surface area contributed by atoms with E-state index in [1.54, 1.807) is 0 Å². The Morgan fingerprint density at radius 3 is 2.65 bits per heavy atom. The molecule has 4 rings (SSSR count). The van der Waals surface area contributed by atoms with Gasteiger partial charge in [-0.1, -0.05) is 11.6 Å². The molecule has 1 amide bonds. The highest BCUT2D eigenvalue weighted by molar-refractivity contribution is 7.99. The molecule has 12 heteroatoms. The summed E-state index contributed by atoms with van der Waals surface area (Å²) in [5.41, 5.74) is 3.19. The van der Waals surface area contributed by atoms with Crippen LogP contribution in [0, 0.1) is 11.3 Å². The molecule has 0 aliphatic heterocycles. The maximum atomic E-state index is 12.5. The lowest BCUT2D eigenvalue weighted by Gasteiger charge is -2.09. The third-order valence-electron chi connectivity index (χ3n) is 5.02. The summed E-state index contributed by atoms with van der Waals surface area (Å²) in [6.45, 7) is 0. The topological polar surface area (TPSA) is 138 Å². The second-order valence-electron chi connectivity index (χ2n) is 7.43. The Labute approximate surface area is 206 Å². The number of nitrogens with zero attached hydrogens (tertiary/aromatic N) is 4. The van der Waals surface area contributed by atoms with Gasteiger partial charge in [0.1, 0.15) is 11.1 Å². The summed E-state index contributed by atoms with van der Waals surface area (Å²) in [5, 5.41) is 20.2. The molecule has 0 atom stereocenters. The van der Waals surface area contributed by atoms with E-state index in [2.05, 4.69) is 31.3 Å². The van der Waals surface area contributed by atoms with Gasteiger partial charge in [-0.05, 0) is 67.3 Å². The van der Waals surface area contributed by atoms with E-state index in [4.69, 9.17) is 11.6 Å². The van der Waals surface area contributed by atoms with Gasteiger partial charge in [0.15, 0.2) is 11.0 Å². The molecule has 2 N–H and O–H groups in total. The Morgan fingerprint density at radius 2 is 1.94 bits per heavy atom. The molecule has 0 unspecified atom stereocenters. The van der Waals surface area contributed by atoms with Gasteiger partial charge in [-0.15, -0.1) is 22.0 Å². The largest absolute Gasteiger partial charge is 0.326 e. The highest BCUT2D eigenvalue weighted by Crippen LogP contribution is 2.28. The first kappa shape index (κ1) is 23.9. The number of hydrogen-bond donors (Lipinski definition) is 2. The number of aromatic nitrogens is 3. The van der Waals surface area contributed by atoms with Crippen molar-refractivity contribution >= 4 is 50.8 Å². The minimum atomic E-state index is -3.87. The second kappa shape index (κ2) is 10.4. The van der Waals surface area contributed by atoms with Crippen molar-refractivity contribution in [3.63, 3.8) is 0 Å². The number of fused-ring (bicyclic) bond motifs is 1. The average molecular weight is 515 g/mol. The van der Waals surface area contributed by atoms with Crippen LogP contribution in [0.15, 0.2) is 52.4 Å². The molecule has 2 aromatic heterocycles. The van der Waals surface area contributed by atoms with Gasteiger partial charge < -0.3 is 5.32 Å². The standard InChI is InChI=1S/C22H19ClN6O3S2/c23-19-8-9-20(28-27-19)29-34(31,32)17-6-4-16(5-7-17)25-21(30)10-11-33-22-15(13-24)12-14-2-1-3-18(14)26-22/h4-9,12H,1-3,10-11H2,(H,25,30)(H,28,29). The van der Waals surface area contributed by atoms with Crippen LogP contribution in [-0.2, 0) is 27.7 Å². The van der Waals surface area contributed by atoms with E-state index in [1.165, 1.54) is 48.2 Å². The third kappa shape index (κ3) is 5.83. The summed E-state index contributed by atoms with van der Waals surface area (Å²) in [6, 6.07) is 12.7. The summed E-state index contributed by atoms with van der Waals surface area (Å²) in [7, 11) is -3.87. The van der Waals surface area contributed by atoms with Crippen molar-refractivity contribution in [2.24, 2.45) is 0 Å². The fourth-order valence-electron chi connectivity index (χ4n) is 3.39. The van der Waals surface area contributed by atoms with Gasteiger partial charge in [0.2, 0.25) is 5.91 Å². The number of carbonyl (C=O) groups is 1. The highest BCUT2D eigenvalue weighted by Gasteiger charge is 2.18. The first-order valence-corrected chi connectivity index (χ1v) is 13.2. The zero-order valence-electron chi connectivity index (χ0n) is 17.8. The number of nitriles is 1. The number of carbonyl (C=O) groups excluding carboxylic acids is 1. The number of amides is 1. The van der Waals surface area contributed by atoms with E-state index >= 15 is 0 Å². The molecule has 2 heterocycles. The average Bonchev–Trinajstić information content (AvgIpc) is 3.27. The Hall–Kier alpha value is -3.20. The first-order chi connectivity index (χ1) is 16.3. The molecule has 9 nitrogen and oxygen atoms in total. The number of aryl methyl sites for hydroxylation is 2. The van der Waals surface area contributed by atoms with Crippen LogP contribution in [0.3, 0.4) is 0 Å². The van der Waals surface area contributed by atoms with Gasteiger partial charge >= 0.3 is 0 Å². The molecule has 1 aliphatic rings. The van der Waals surface area contributed by atoms with Gasteiger partial charge in [-0.3, -0.25) is 9.52 Å². The predicted molar refractivity (Wildman–Crippen MR) is 129 cm³/mol. The molecular formula is C22H19ClN6O3S2. The first-order valence-electron chi connectivity index (χ1n) is 10.3. The summed E-state index contributed by atoms with van der Waals surface area (Å²) >= 11 is 7.04. The molecule has 0 fully saturated rings. The number of pyridine rings is 1. The lowest BCUT2D eigenvalue weighted by Crippen LogP contribution is -2.15.